The van der Waals surface area contributed by atoms with Crippen molar-refractivity contribution in [3.05, 3.63) is 44.7 Å². The number of hydrogen-bond acceptors (Lipinski definition) is 13. The van der Waals surface area contributed by atoms with Gasteiger partial charge in [0.2, 0.25) is 0 Å². The predicted octanol–water partition coefficient (Wildman–Crippen LogP) is 1.34. The number of carbonyl (C=O) groups excluding carboxylic acids is 2. The molecule has 0 bridgehead atoms. The molecule has 2 aromatic rings. The second-order valence-corrected chi connectivity index (χ2v) is 13.5. The van der Waals surface area contributed by atoms with Gasteiger partial charge < -0.3 is 32.8 Å². The SMILES string of the molecule is CC(CSCc1cnccc1SC1=C(C(=O)O)N2C(=O)[C@@H](NC(=O)/C(=N\O)c3nc(N)sc3Cl)[C@H]2SC1)N=C(N)N. The Hall–Kier alpha value is -3.19. The summed E-state index contributed by atoms with van der Waals surface area (Å²) in [5.41, 5.74) is 16.6. The van der Waals surface area contributed by atoms with Crippen molar-refractivity contribution in [2.45, 2.75) is 35.0 Å². The number of carboxylic acid groups (broad SMARTS) is 1. The Morgan fingerprint density at radius 1 is 1.39 bits per heavy atom. The molecule has 0 aliphatic carbocycles. The quantitative estimate of drug-likeness (QED) is 0.0658. The first kappa shape index (κ1) is 30.8. The van der Waals surface area contributed by atoms with E-state index in [1.54, 1.807) is 30.2 Å². The maximum atomic E-state index is 13.1. The number of nitrogens with zero attached hydrogens (tertiary/aromatic N) is 5. The monoisotopic (exact) mass is 657 g/mol. The van der Waals surface area contributed by atoms with Gasteiger partial charge in [-0.25, -0.2) is 14.8 Å². The van der Waals surface area contributed by atoms with Crippen LogP contribution in [-0.4, -0.2) is 83.6 Å². The van der Waals surface area contributed by atoms with Gasteiger partial charge in [0.05, 0.1) is 6.04 Å². The fraction of sp³-hybridized carbons (Fsp3) is 0.318. The Bertz CT molecular complexity index is 1460. The summed E-state index contributed by atoms with van der Waals surface area (Å²) in [6.45, 7) is 1.90. The molecule has 19 heteroatoms. The number of aliphatic imine (C=N–C) groups is 1. The van der Waals surface area contributed by atoms with Crippen LogP contribution in [0.2, 0.25) is 4.34 Å². The lowest BCUT2D eigenvalue weighted by Gasteiger charge is -2.49. The van der Waals surface area contributed by atoms with Gasteiger partial charge in [0.15, 0.2) is 16.8 Å². The van der Waals surface area contributed by atoms with E-state index >= 15 is 0 Å². The van der Waals surface area contributed by atoms with E-state index in [1.165, 1.54) is 23.5 Å². The minimum absolute atomic E-state index is 0.0235. The van der Waals surface area contributed by atoms with E-state index in [1.807, 2.05) is 6.92 Å². The van der Waals surface area contributed by atoms with E-state index in [0.29, 0.717) is 16.4 Å². The van der Waals surface area contributed by atoms with Gasteiger partial charge in [0.1, 0.15) is 27.1 Å². The molecule has 3 atom stereocenters. The molecule has 218 valence electrons. The Morgan fingerprint density at radius 2 is 2.15 bits per heavy atom. The highest BCUT2D eigenvalue weighted by Gasteiger charge is 2.54. The first-order chi connectivity index (χ1) is 19.5. The van der Waals surface area contributed by atoms with Crippen molar-refractivity contribution in [3.63, 3.8) is 0 Å². The van der Waals surface area contributed by atoms with Crippen LogP contribution in [0.1, 0.15) is 18.2 Å². The number of pyridine rings is 1. The second-order valence-electron chi connectivity index (χ2n) is 8.56. The van der Waals surface area contributed by atoms with Gasteiger partial charge in [-0.05, 0) is 18.6 Å². The third-order valence-electron chi connectivity index (χ3n) is 5.64. The summed E-state index contributed by atoms with van der Waals surface area (Å²) in [5.74, 6) is -1.24. The largest absolute Gasteiger partial charge is 0.477 e. The first-order valence-corrected chi connectivity index (χ1v) is 15.9. The van der Waals surface area contributed by atoms with Crippen LogP contribution in [0.15, 0.2) is 44.1 Å². The Labute approximate surface area is 255 Å². The summed E-state index contributed by atoms with van der Waals surface area (Å²) in [6, 6.07) is 0.657. The number of fused-ring (bicyclic) bond motifs is 1. The number of carboxylic acids is 1. The molecule has 1 fully saturated rings. The molecule has 41 heavy (non-hydrogen) atoms. The van der Waals surface area contributed by atoms with E-state index in [2.05, 4.69) is 25.4 Å². The summed E-state index contributed by atoms with van der Waals surface area (Å²) < 4.78 is 0.0361. The van der Waals surface area contributed by atoms with Gasteiger partial charge in [0.25, 0.3) is 11.8 Å². The Morgan fingerprint density at radius 3 is 2.78 bits per heavy atom. The number of β-lactam (4-membered cyclic amide) rings is 1. The summed E-state index contributed by atoms with van der Waals surface area (Å²) in [4.78, 5) is 52.9. The van der Waals surface area contributed by atoms with Crippen molar-refractivity contribution in [1.29, 1.82) is 0 Å². The number of amides is 2. The molecule has 2 aliphatic rings. The van der Waals surface area contributed by atoms with E-state index in [-0.39, 0.29) is 38.6 Å². The second kappa shape index (κ2) is 13.2. The molecule has 4 heterocycles. The van der Waals surface area contributed by atoms with Crippen molar-refractivity contribution in [3.8, 4) is 0 Å². The maximum Gasteiger partial charge on any atom is 0.353 e. The third kappa shape index (κ3) is 6.83. The number of thioether (sulfide) groups is 3. The zero-order chi connectivity index (χ0) is 29.8. The standard InChI is InChI=1S/C22H24ClN9O5S4/c1-8(28-21(24)25)5-38-6-9-4-27-3-2-10(9)40-11-7-39-19-14(18(34)32(19)15(11)20(35)36)29-17(33)13(31-37)12-16(23)41-22(26)30-12/h2-4,8,14,19,37H,5-7H2,1H3,(H2,26,30)(H,29,33)(H,35,36)(H4,24,25,28)/b31-13-/t8?,14-,19-/m1/s1. The third-order valence-corrected chi connectivity index (χ3v) is 10.6. The normalized spacial score (nSPS) is 19.3. The highest BCUT2D eigenvalue weighted by atomic mass is 35.5. The number of thiazole rings is 1. The minimum atomic E-state index is -1.27. The number of aliphatic carboxylic acids is 1. The topological polar surface area (TPSA) is 236 Å². The maximum absolute atomic E-state index is 13.1. The number of rotatable bonds is 11. The van der Waals surface area contributed by atoms with Crippen LogP contribution in [0.25, 0.3) is 0 Å². The van der Waals surface area contributed by atoms with Crippen molar-refractivity contribution in [2.24, 2.45) is 21.6 Å². The Kier molecular flexibility index (Phi) is 9.90. The van der Waals surface area contributed by atoms with E-state index in [9.17, 15) is 24.7 Å². The fourth-order valence-corrected chi connectivity index (χ4v) is 8.50. The molecule has 0 saturated carbocycles. The number of nitrogens with two attached hydrogens (primary N) is 3. The van der Waals surface area contributed by atoms with E-state index in [4.69, 9.17) is 28.8 Å². The van der Waals surface area contributed by atoms with Gasteiger partial charge in [-0.2, -0.15) is 11.8 Å². The Balaban J connectivity index is 1.48. The van der Waals surface area contributed by atoms with Crippen LogP contribution in [0, 0.1) is 0 Å². The van der Waals surface area contributed by atoms with Gasteiger partial charge >= 0.3 is 5.97 Å². The highest BCUT2D eigenvalue weighted by molar-refractivity contribution is 8.06. The molecular weight excluding hydrogens is 634 g/mol. The van der Waals surface area contributed by atoms with Crippen molar-refractivity contribution in [1.82, 2.24) is 20.2 Å². The zero-order valence-electron chi connectivity index (χ0n) is 21.2. The zero-order valence-corrected chi connectivity index (χ0v) is 25.2. The molecule has 4 rings (SSSR count). The van der Waals surface area contributed by atoms with E-state index in [0.717, 1.165) is 26.7 Å². The van der Waals surface area contributed by atoms with Crippen LogP contribution < -0.4 is 22.5 Å². The van der Waals surface area contributed by atoms with Crippen LogP contribution in [0.3, 0.4) is 0 Å². The van der Waals surface area contributed by atoms with Gasteiger partial charge in [-0.3, -0.25) is 19.5 Å². The fourth-order valence-electron chi connectivity index (χ4n) is 3.93. The summed E-state index contributed by atoms with van der Waals surface area (Å²) in [6.07, 6.45) is 3.32. The highest BCUT2D eigenvalue weighted by Crippen LogP contribution is 2.46. The van der Waals surface area contributed by atoms with Crippen molar-refractivity contribution >= 4 is 92.8 Å². The number of anilines is 1. The number of hydrogen-bond donors (Lipinski definition) is 6. The first-order valence-electron chi connectivity index (χ1n) is 11.6. The van der Waals surface area contributed by atoms with Gasteiger partial charge in [-0.15, -0.1) is 11.8 Å². The number of nitrogen functional groups attached to an aromatic ring is 1. The molecule has 1 saturated heterocycles. The van der Waals surface area contributed by atoms with Crippen LogP contribution in [-0.2, 0) is 20.1 Å². The number of aromatic nitrogens is 2. The van der Waals surface area contributed by atoms with E-state index < -0.39 is 34.9 Å². The average molecular weight is 658 g/mol. The molecule has 1 unspecified atom stereocenters. The molecule has 0 radical (unpaired) electrons. The summed E-state index contributed by atoms with van der Waals surface area (Å²) in [5, 5.41) is 24.3. The van der Waals surface area contributed by atoms with Crippen molar-refractivity contribution in [2.75, 3.05) is 17.2 Å². The summed E-state index contributed by atoms with van der Waals surface area (Å²) in [7, 11) is 0. The molecule has 2 amide bonds. The molecule has 2 aliphatic heterocycles. The number of oxime groups is 1. The average Bonchev–Trinajstić information content (AvgIpc) is 3.24. The molecule has 9 N–H and O–H groups in total. The number of halogens is 1. The van der Waals surface area contributed by atoms with Crippen molar-refractivity contribution < 1.29 is 24.7 Å². The molecule has 2 aromatic heterocycles. The molecule has 0 spiro atoms. The molecule has 14 nitrogen and oxygen atoms in total. The minimum Gasteiger partial charge on any atom is -0.477 e. The van der Waals surface area contributed by atoms with Crippen LogP contribution >= 0.6 is 58.2 Å². The molecule has 0 aromatic carbocycles. The van der Waals surface area contributed by atoms with Crippen LogP contribution in [0.5, 0.6) is 0 Å². The number of guanidine groups is 1. The smallest absolute Gasteiger partial charge is 0.353 e. The lowest BCUT2D eigenvalue weighted by Crippen LogP contribution is -2.71. The lowest BCUT2D eigenvalue weighted by molar-refractivity contribution is -0.150. The number of nitrogens with one attached hydrogen (secondary N) is 1. The van der Waals surface area contributed by atoms with Gasteiger partial charge in [0, 0.05) is 39.5 Å². The van der Waals surface area contributed by atoms with Gasteiger partial charge in [-0.1, -0.05) is 39.9 Å². The molecular formula is C22H24ClN9O5S4. The number of carbonyl (C=O) groups is 3. The lowest BCUT2D eigenvalue weighted by atomic mass is 10.0. The predicted molar refractivity (Wildman–Crippen MR) is 161 cm³/mol. The summed E-state index contributed by atoms with van der Waals surface area (Å²) >= 11 is 11.1. The van der Waals surface area contributed by atoms with Crippen LogP contribution in [0.4, 0.5) is 5.13 Å².